The summed E-state index contributed by atoms with van der Waals surface area (Å²) in [5.74, 6) is -0.103. The molecule has 1 saturated heterocycles. The number of thiocarbonyl (C=S) groups is 1. The number of carbonyl (C=O) groups excluding carboxylic acids is 2. The standard InChI is InChI=1S/C18H15NO2S2/c20-15(14-9-5-2-6-10-14)11-16-17(21)19(18(22)23-16)12-13-7-3-1-4-8-13/h1-10,16H,11-12H2. The van der Waals surface area contributed by atoms with E-state index in [2.05, 4.69) is 0 Å². The summed E-state index contributed by atoms with van der Waals surface area (Å²) in [5, 5.41) is -0.418. The molecule has 5 heteroatoms. The van der Waals surface area contributed by atoms with Crippen LogP contribution < -0.4 is 0 Å². The molecule has 0 spiro atoms. The van der Waals surface area contributed by atoms with E-state index in [4.69, 9.17) is 12.2 Å². The third-order valence-electron chi connectivity index (χ3n) is 3.65. The van der Waals surface area contributed by atoms with Crippen molar-refractivity contribution in [1.82, 2.24) is 4.90 Å². The van der Waals surface area contributed by atoms with E-state index in [0.717, 1.165) is 5.56 Å². The lowest BCUT2D eigenvalue weighted by molar-refractivity contribution is -0.126. The van der Waals surface area contributed by atoms with Gasteiger partial charge in [0, 0.05) is 12.0 Å². The summed E-state index contributed by atoms with van der Waals surface area (Å²) in [7, 11) is 0. The first-order chi connectivity index (χ1) is 11.1. The van der Waals surface area contributed by atoms with Gasteiger partial charge in [-0.05, 0) is 5.56 Å². The van der Waals surface area contributed by atoms with Crippen molar-refractivity contribution < 1.29 is 9.59 Å². The van der Waals surface area contributed by atoms with E-state index in [1.165, 1.54) is 11.8 Å². The molecule has 23 heavy (non-hydrogen) atoms. The normalized spacial score (nSPS) is 17.6. The summed E-state index contributed by atoms with van der Waals surface area (Å²) >= 11 is 6.63. The van der Waals surface area contributed by atoms with Crippen molar-refractivity contribution in [2.45, 2.75) is 18.2 Å². The van der Waals surface area contributed by atoms with Crippen LogP contribution in [-0.2, 0) is 11.3 Å². The van der Waals surface area contributed by atoms with Gasteiger partial charge in [0.15, 0.2) is 5.78 Å². The molecule has 3 rings (SSSR count). The van der Waals surface area contributed by atoms with Crippen molar-refractivity contribution in [1.29, 1.82) is 0 Å². The number of Topliss-reactive ketones (excluding diaryl/α,β-unsaturated/α-hetero) is 1. The monoisotopic (exact) mass is 341 g/mol. The summed E-state index contributed by atoms with van der Waals surface area (Å²) in [6.07, 6.45) is 0.180. The van der Waals surface area contributed by atoms with Gasteiger partial charge in [0.05, 0.1) is 11.8 Å². The molecule has 1 aliphatic rings. The minimum Gasteiger partial charge on any atom is -0.294 e. The van der Waals surface area contributed by atoms with Gasteiger partial charge in [-0.25, -0.2) is 0 Å². The molecular weight excluding hydrogens is 326 g/mol. The van der Waals surface area contributed by atoms with Crippen molar-refractivity contribution in [3.05, 3.63) is 71.8 Å². The molecule has 0 N–H and O–H groups in total. The molecule has 1 heterocycles. The van der Waals surface area contributed by atoms with Crippen LogP contribution in [0.5, 0.6) is 0 Å². The first-order valence-corrected chi connectivity index (χ1v) is 8.58. The lowest BCUT2D eigenvalue weighted by Crippen LogP contribution is -2.31. The third kappa shape index (κ3) is 3.68. The van der Waals surface area contributed by atoms with Crippen molar-refractivity contribution >= 4 is 40.0 Å². The molecule has 2 aromatic carbocycles. The van der Waals surface area contributed by atoms with Gasteiger partial charge in [-0.2, -0.15) is 0 Å². The number of rotatable bonds is 5. The maximum atomic E-state index is 12.6. The SMILES string of the molecule is O=C(CC1SC(=S)N(Cc2ccccc2)C1=O)c1ccccc1. The number of amides is 1. The molecule has 3 nitrogen and oxygen atoms in total. The van der Waals surface area contributed by atoms with E-state index < -0.39 is 5.25 Å². The highest BCUT2D eigenvalue weighted by atomic mass is 32.2. The molecule has 0 bridgehead atoms. The Morgan fingerprint density at radius 2 is 1.65 bits per heavy atom. The molecule has 1 amide bonds. The fourth-order valence-electron chi connectivity index (χ4n) is 2.45. The van der Waals surface area contributed by atoms with Crippen LogP contribution in [0.15, 0.2) is 60.7 Å². The molecule has 116 valence electrons. The number of carbonyl (C=O) groups is 2. The predicted octanol–water partition coefficient (Wildman–Crippen LogP) is 3.69. The van der Waals surface area contributed by atoms with Gasteiger partial charge >= 0.3 is 0 Å². The van der Waals surface area contributed by atoms with Crippen LogP contribution >= 0.6 is 24.0 Å². The molecule has 1 fully saturated rings. The maximum absolute atomic E-state index is 12.6. The average Bonchev–Trinajstić information content (AvgIpc) is 2.84. The lowest BCUT2D eigenvalue weighted by atomic mass is 10.1. The van der Waals surface area contributed by atoms with Gasteiger partial charge in [0.25, 0.3) is 0 Å². The van der Waals surface area contributed by atoms with Crippen LogP contribution in [0.4, 0.5) is 0 Å². The highest BCUT2D eigenvalue weighted by Crippen LogP contribution is 2.31. The van der Waals surface area contributed by atoms with E-state index in [-0.39, 0.29) is 18.1 Å². The molecule has 1 aliphatic heterocycles. The number of ketones is 1. The second-order valence-electron chi connectivity index (χ2n) is 5.28. The summed E-state index contributed by atoms with van der Waals surface area (Å²) in [6.45, 7) is 0.460. The molecule has 2 aromatic rings. The Kier molecular flexibility index (Phi) is 4.88. The Balaban J connectivity index is 1.68. The highest BCUT2D eigenvalue weighted by Gasteiger charge is 2.38. The van der Waals surface area contributed by atoms with Crippen LogP contribution in [-0.4, -0.2) is 26.2 Å². The molecule has 0 saturated carbocycles. The van der Waals surface area contributed by atoms with Crippen molar-refractivity contribution in [2.24, 2.45) is 0 Å². The number of hydrogen-bond donors (Lipinski definition) is 0. The first-order valence-electron chi connectivity index (χ1n) is 7.29. The Bertz CT molecular complexity index is 731. The van der Waals surface area contributed by atoms with Gasteiger partial charge < -0.3 is 0 Å². The van der Waals surface area contributed by atoms with Gasteiger partial charge in [-0.1, -0.05) is 84.6 Å². The maximum Gasteiger partial charge on any atom is 0.242 e. The van der Waals surface area contributed by atoms with Gasteiger partial charge in [0.1, 0.15) is 4.32 Å². The predicted molar refractivity (Wildman–Crippen MR) is 96.4 cm³/mol. The third-order valence-corrected chi connectivity index (χ3v) is 5.24. The fourth-order valence-corrected chi connectivity index (χ4v) is 3.94. The topological polar surface area (TPSA) is 37.4 Å². The lowest BCUT2D eigenvalue weighted by Gasteiger charge is -2.15. The number of hydrogen-bond acceptors (Lipinski definition) is 4. The first kappa shape index (κ1) is 15.9. The fraction of sp³-hybridized carbons (Fsp3) is 0.167. The van der Waals surface area contributed by atoms with Gasteiger partial charge in [-0.15, -0.1) is 0 Å². The zero-order valence-corrected chi connectivity index (χ0v) is 14.0. The Morgan fingerprint density at radius 1 is 1.04 bits per heavy atom. The van der Waals surface area contributed by atoms with Crippen LogP contribution in [0.3, 0.4) is 0 Å². The number of nitrogens with zero attached hydrogens (tertiary/aromatic N) is 1. The van der Waals surface area contributed by atoms with E-state index >= 15 is 0 Å². The second kappa shape index (κ2) is 7.06. The Hall–Kier alpha value is -1.98. The van der Waals surface area contributed by atoms with Crippen molar-refractivity contribution in [3.8, 4) is 0 Å². The summed E-state index contributed by atoms with van der Waals surface area (Å²) < 4.78 is 0.546. The quantitative estimate of drug-likeness (QED) is 0.614. The van der Waals surface area contributed by atoms with E-state index in [1.807, 2.05) is 48.5 Å². The highest BCUT2D eigenvalue weighted by molar-refractivity contribution is 8.24. The minimum atomic E-state index is -0.418. The largest absolute Gasteiger partial charge is 0.294 e. The molecular formula is C18H15NO2S2. The Labute approximate surface area is 144 Å². The van der Waals surface area contributed by atoms with Gasteiger partial charge in [0.2, 0.25) is 5.91 Å². The number of thioether (sulfide) groups is 1. The van der Waals surface area contributed by atoms with Crippen molar-refractivity contribution in [3.63, 3.8) is 0 Å². The van der Waals surface area contributed by atoms with Gasteiger partial charge in [-0.3, -0.25) is 14.5 Å². The smallest absolute Gasteiger partial charge is 0.242 e. The summed E-state index contributed by atoms with van der Waals surface area (Å²) in [4.78, 5) is 26.4. The minimum absolute atomic E-state index is 0.0270. The molecule has 1 atom stereocenters. The van der Waals surface area contributed by atoms with Crippen LogP contribution in [0.25, 0.3) is 0 Å². The zero-order valence-electron chi connectivity index (χ0n) is 12.3. The average molecular weight is 341 g/mol. The van der Waals surface area contributed by atoms with E-state index in [0.29, 0.717) is 16.4 Å². The van der Waals surface area contributed by atoms with Crippen LogP contribution in [0.2, 0.25) is 0 Å². The van der Waals surface area contributed by atoms with Crippen LogP contribution in [0, 0.1) is 0 Å². The summed E-state index contributed by atoms with van der Waals surface area (Å²) in [5.41, 5.74) is 1.66. The zero-order chi connectivity index (χ0) is 16.2. The second-order valence-corrected chi connectivity index (χ2v) is 7.11. The summed E-state index contributed by atoms with van der Waals surface area (Å²) in [6, 6.07) is 18.8. The van der Waals surface area contributed by atoms with E-state index in [9.17, 15) is 9.59 Å². The number of benzene rings is 2. The molecule has 1 unspecified atom stereocenters. The van der Waals surface area contributed by atoms with Crippen LogP contribution in [0.1, 0.15) is 22.3 Å². The van der Waals surface area contributed by atoms with E-state index in [1.54, 1.807) is 17.0 Å². The van der Waals surface area contributed by atoms with Crippen molar-refractivity contribution in [2.75, 3.05) is 0 Å². The molecule has 0 aromatic heterocycles. The molecule has 0 aliphatic carbocycles. The molecule has 0 radical (unpaired) electrons. The Morgan fingerprint density at radius 3 is 2.30 bits per heavy atom.